The minimum absolute atomic E-state index is 0.0465. The molecule has 0 saturated heterocycles. The van der Waals surface area contributed by atoms with Crippen molar-refractivity contribution >= 4 is 5.91 Å². The molecular weight excluding hydrogens is 314 g/mol. The lowest BCUT2D eigenvalue weighted by molar-refractivity contribution is 0.0779. The van der Waals surface area contributed by atoms with Gasteiger partial charge in [-0.15, -0.1) is 0 Å². The van der Waals surface area contributed by atoms with Crippen molar-refractivity contribution in [2.75, 3.05) is 33.7 Å². The van der Waals surface area contributed by atoms with E-state index >= 15 is 0 Å². The summed E-state index contributed by atoms with van der Waals surface area (Å²) in [6.07, 6.45) is 1.91. The maximum atomic E-state index is 12.4. The van der Waals surface area contributed by atoms with Crippen molar-refractivity contribution in [2.24, 2.45) is 11.7 Å². The molecule has 0 aliphatic heterocycles. The van der Waals surface area contributed by atoms with Crippen LogP contribution >= 0.6 is 0 Å². The summed E-state index contributed by atoms with van der Waals surface area (Å²) in [6, 6.07) is 7.66. The van der Waals surface area contributed by atoms with Gasteiger partial charge in [-0.25, -0.2) is 0 Å². The van der Waals surface area contributed by atoms with Crippen LogP contribution in [0.5, 0.6) is 0 Å². The topological polar surface area (TPSA) is 78.2 Å². The zero-order valence-electron chi connectivity index (χ0n) is 15.6. The summed E-state index contributed by atoms with van der Waals surface area (Å²) in [4.78, 5) is 16.4. The van der Waals surface area contributed by atoms with Gasteiger partial charge in [-0.3, -0.25) is 9.89 Å². The summed E-state index contributed by atoms with van der Waals surface area (Å²) in [5.41, 5.74) is 9.34. The van der Waals surface area contributed by atoms with Gasteiger partial charge in [0.25, 0.3) is 5.91 Å². The van der Waals surface area contributed by atoms with Crippen molar-refractivity contribution in [3.8, 4) is 11.3 Å². The first kappa shape index (κ1) is 19.1. The van der Waals surface area contributed by atoms with Gasteiger partial charge < -0.3 is 15.5 Å². The van der Waals surface area contributed by atoms with Crippen LogP contribution in [0.4, 0.5) is 0 Å². The average Bonchev–Trinajstić information content (AvgIpc) is 3.02. The van der Waals surface area contributed by atoms with Crippen molar-refractivity contribution < 1.29 is 4.79 Å². The molecule has 1 amide bonds. The molecule has 1 aromatic carbocycles. The van der Waals surface area contributed by atoms with E-state index in [2.05, 4.69) is 28.9 Å². The van der Waals surface area contributed by atoms with Gasteiger partial charge in [-0.1, -0.05) is 26.0 Å². The third-order valence-electron chi connectivity index (χ3n) is 4.06. The molecule has 0 atom stereocenters. The molecule has 1 heterocycles. The number of rotatable bonds is 8. The van der Waals surface area contributed by atoms with Crippen LogP contribution < -0.4 is 5.73 Å². The number of nitrogens with zero attached hydrogens (tertiary/aromatic N) is 3. The third kappa shape index (κ3) is 5.14. The maximum Gasteiger partial charge on any atom is 0.253 e. The predicted molar refractivity (Wildman–Crippen MR) is 101 cm³/mol. The molecule has 0 bridgehead atoms. The molecule has 136 valence electrons. The Hall–Kier alpha value is -2.18. The molecule has 0 spiro atoms. The highest BCUT2D eigenvalue weighted by molar-refractivity contribution is 5.94. The summed E-state index contributed by atoms with van der Waals surface area (Å²) in [6.45, 7) is 7.20. The Kier molecular flexibility index (Phi) is 6.73. The van der Waals surface area contributed by atoms with E-state index in [1.54, 1.807) is 4.90 Å². The number of aromatic amines is 1. The minimum atomic E-state index is 0.0465. The standard InChI is InChI=1S/C19H29N5O/c1-14(2)12-24(4)19(25)16-7-5-15(6-8-16)18-17(11-21-22-18)13-23(3)10-9-20/h5-8,11,14H,9-10,12-13,20H2,1-4H3,(H,21,22). The van der Waals surface area contributed by atoms with Crippen LogP contribution in [0.3, 0.4) is 0 Å². The molecule has 0 fully saturated rings. The molecule has 3 N–H and O–H groups in total. The summed E-state index contributed by atoms with van der Waals surface area (Å²) < 4.78 is 0. The minimum Gasteiger partial charge on any atom is -0.341 e. The summed E-state index contributed by atoms with van der Waals surface area (Å²) in [5.74, 6) is 0.496. The van der Waals surface area contributed by atoms with Crippen molar-refractivity contribution in [1.82, 2.24) is 20.0 Å². The molecule has 0 aliphatic carbocycles. The molecule has 0 radical (unpaired) electrons. The number of hydrogen-bond donors (Lipinski definition) is 2. The summed E-state index contributed by atoms with van der Waals surface area (Å²) in [5, 5.41) is 7.31. The van der Waals surface area contributed by atoms with Gasteiger partial charge in [0.05, 0.1) is 5.69 Å². The molecule has 1 aromatic heterocycles. The van der Waals surface area contributed by atoms with Crippen molar-refractivity contribution in [3.05, 3.63) is 41.6 Å². The number of likely N-dealkylation sites (N-methyl/N-ethyl adjacent to an activating group) is 1. The zero-order chi connectivity index (χ0) is 18.4. The van der Waals surface area contributed by atoms with Crippen molar-refractivity contribution in [2.45, 2.75) is 20.4 Å². The van der Waals surface area contributed by atoms with Crippen molar-refractivity contribution in [3.63, 3.8) is 0 Å². The molecule has 0 aliphatic rings. The molecule has 2 rings (SSSR count). The molecule has 0 saturated carbocycles. The molecule has 25 heavy (non-hydrogen) atoms. The molecular formula is C19H29N5O. The number of carbonyl (C=O) groups excluding carboxylic acids is 1. The smallest absolute Gasteiger partial charge is 0.253 e. The zero-order valence-corrected chi connectivity index (χ0v) is 15.6. The lowest BCUT2D eigenvalue weighted by Gasteiger charge is -2.19. The van der Waals surface area contributed by atoms with Gasteiger partial charge in [-0.05, 0) is 25.1 Å². The molecule has 0 unspecified atom stereocenters. The molecule has 6 nitrogen and oxygen atoms in total. The highest BCUT2D eigenvalue weighted by Crippen LogP contribution is 2.23. The van der Waals surface area contributed by atoms with Gasteiger partial charge in [0, 0.05) is 56.1 Å². The van der Waals surface area contributed by atoms with Gasteiger partial charge in [0.2, 0.25) is 0 Å². The first-order chi connectivity index (χ1) is 11.9. The lowest BCUT2D eigenvalue weighted by Crippen LogP contribution is -2.30. The number of H-pyrrole nitrogens is 1. The lowest BCUT2D eigenvalue weighted by atomic mass is 10.0. The number of nitrogens with one attached hydrogen (secondary N) is 1. The van der Waals surface area contributed by atoms with Gasteiger partial charge in [0.15, 0.2) is 0 Å². The fourth-order valence-electron chi connectivity index (χ4n) is 2.90. The van der Waals surface area contributed by atoms with E-state index in [0.717, 1.165) is 36.5 Å². The quantitative estimate of drug-likeness (QED) is 0.770. The number of hydrogen-bond acceptors (Lipinski definition) is 4. The van der Waals surface area contributed by atoms with Crippen LogP contribution in [0.1, 0.15) is 29.8 Å². The highest BCUT2D eigenvalue weighted by Gasteiger charge is 2.14. The Morgan fingerprint density at radius 2 is 1.92 bits per heavy atom. The van der Waals surface area contributed by atoms with E-state index < -0.39 is 0 Å². The predicted octanol–water partition coefficient (Wildman–Crippen LogP) is 2.20. The molecule has 2 aromatic rings. The first-order valence-electron chi connectivity index (χ1n) is 8.69. The van der Waals surface area contributed by atoms with E-state index in [1.165, 1.54) is 0 Å². The largest absolute Gasteiger partial charge is 0.341 e. The van der Waals surface area contributed by atoms with Crippen LogP contribution in [0, 0.1) is 5.92 Å². The number of amides is 1. The van der Waals surface area contributed by atoms with Crippen LogP contribution in [-0.2, 0) is 6.54 Å². The summed E-state index contributed by atoms with van der Waals surface area (Å²) in [7, 11) is 3.88. The van der Waals surface area contributed by atoms with Gasteiger partial charge in [-0.2, -0.15) is 5.10 Å². The van der Waals surface area contributed by atoms with E-state index in [1.807, 2.05) is 44.6 Å². The maximum absolute atomic E-state index is 12.4. The second kappa shape index (κ2) is 8.78. The van der Waals surface area contributed by atoms with E-state index in [9.17, 15) is 4.79 Å². The van der Waals surface area contributed by atoms with Gasteiger partial charge >= 0.3 is 0 Å². The average molecular weight is 343 g/mol. The second-order valence-electron chi connectivity index (χ2n) is 6.94. The monoisotopic (exact) mass is 343 g/mol. The number of nitrogens with two attached hydrogens (primary N) is 1. The van der Waals surface area contributed by atoms with E-state index in [0.29, 0.717) is 18.0 Å². The Morgan fingerprint density at radius 1 is 1.24 bits per heavy atom. The SMILES string of the molecule is CC(C)CN(C)C(=O)c1ccc(-c2n[nH]cc2CN(C)CCN)cc1. The Balaban J connectivity index is 2.13. The normalized spacial score (nSPS) is 11.3. The number of aromatic nitrogens is 2. The second-order valence-corrected chi connectivity index (χ2v) is 6.94. The number of benzene rings is 1. The number of carbonyl (C=O) groups is 1. The van der Waals surface area contributed by atoms with Gasteiger partial charge in [0.1, 0.15) is 0 Å². The van der Waals surface area contributed by atoms with Crippen LogP contribution in [0.25, 0.3) is 11.3 Å². The Bertz CT molecular complexity index is 677. The third-order valence-corrected chi connectivity index (χ3v) is 4.06. The van der Waals surface area contributed by atoms with Crippen LogP contribution in [-0.4, -0.2) is 59.6 Å². The van der Waals surface area contributed by atoms with Crippen LogP contribution in [0.2, 0.25) is 0 Å². The Labute approximate surface area is 150 Å². The van der Waals surface area contributed by atoms with E-state index in [4.69, 9.17) is 5.73 Å². The fraction of sp³-hybridized carbons (Fsp3) is 0.474. The fourth-order valence-corrected chi connectivity index (χ4v) is 2.90. The van der Waals surface area contributed by atoms with E-state index in [-0.39, 0.29) is 5.91 Å². The van der Waals surface area contributed by atoms with Crippen LogP contribution in [0.15, 0.2) is 30.5 Å². The van der Waals surface area contributed by atoms with Crippen molar-refractivity contribution in [1.29, 1.82) is 0 Å². The highest BCUT2D eigenvalue weighted by atomic mass is 16.2. The summed E-state index contributed by atoms with van der Waals surface area (Å²) >= 11 is 0. The first-order valence-corrected chi connectivity index (χ1v) is 8.69. The molecule has 6 heteroatoms. The Morgan fingerprint density at radius 3 is 2.52 bits per heavy atom.